The Morgan fingerprint density at radius 3 is 2.58 bits per heavy atom. The van der Waals surface area contributed by atoms with E-state index in [1.54, 1.807) is 0 Å². The molecule has 6 nitrogen and oxygen atoms in total. The molecule has 1 unspecified atom stereocenters. The fourth-order valence-corrected chi connectivity index (χ4v) is 2.41. The summed E-state index contributed by atoms with van der Waals surface area (Å²) in [5.41, 5.74) is 0. The van der Waals surface area contributed by atoms with Crippen LogP contribution in [0.15, 0.2) is 0 Å². The third-order valence-electron chi connectivity index (χ3n) is 3.78. The van der Waals surface area contributed by atoms with Crippen molar-refractivity contribution >= 4 is 17.7 Å². The third-order valence-corrected chi connectivity index (χ3v) is 3.78. The molecule has 3 rings (SSSR count). The monoisotopic (exact) mass is 265 g/mol. The Balaban J connectivity index is 1.41. The average molecular weight is 265 g/mol. The summed E-state index contributed by atoms with van der Waals surface area (Å²) in [7, 11) is 0. The Hall–Kier alpha value is -1.43. The van der Waals surface area contributed by atoms with Crippen molar-refractivity contribution in [1.29, 1.82) is 0 Å². The van der Waals surface area contributed by atoms with E-state index in [0.29, 0.717) is 19.0 Å². The van der Waals surface area contributed by atoms with Crippen LogP contribution < -0.4 is 10.6 Å². The van der Waals surface area contributed by atoms with Crippen LogP contribution in [0.5, 0.6) is 0 Å². The molecule has 0 aromatic carbocycles. The highest BCUT2D eigenvalue weighted by Gasteiger charge is 2.45. The summed E-state index contributed by atoms with van der Waals surface area (Å²) in [6.45, 7) is 0.445. The van der Waals surface area contributed by atoms with Gasteiger partial charge in [-0.3, -0.25) is 19.3 Å². The SMILES string of the molecule is O=C(CCNC1CC(=O)N(C2CC2)C1=O)NC1CC1. The van der Waals surface area contributed by atoms with Crippen molar-refractivity contribution in [2.45, 2.75) is 56.7 Å². The van der Waals surface area contributed by atoms with Gasteiger partial charge in [0, 0.05) is 25.0 Å². The van der Waals surface area contributed by atoms with Crippen molar-refractivity contribution in [2.24, 2.45) is 0 Å². The van der Waals surface area contributed by atoms with Gasteiger partial charge < -0.3 is 10.6 Å². The van der Waals surface area contributed by atoms with Crippen LogP contribution in [-0.2, 0) is 14.4 Å². The van der Waals surface area contributed by atoms with Gasteiger partial charge in [-0.05, 0) is 25.7 Å². The fourth-order valence-electron chi connectivity index (χ4n) is 2.41. The summed E-state index contributed by atoms with van der Waals surface area (Å²) in [4.78, 5) is 36.6. The first-order valence-electron chi connectivity index (χ1n) is 7.04. The van der Waals surface area contributed by atoms with Crippen LogP contribution in [0.1, 0.15) is 38.5 Å². The van der Waals surface area contributed by atoms with Gasteiger partial charge >= 0.3 is 0 Å². The molecule has 1 heterocycles. The molecule has 0 aromatic rings. The Morgan fingerprint density at radius 1 is 1.21 bits per heavy atom. The van der Waals surface area contributed by atoms with E-state index in [2.05, 4.69) is 10.6 Å². The maximum atomic E-state index is 12.0. The molecule has 1 saturated heterocycles. The van der Waals surface area contributed by atoms with E-state index >= 15 is 0 Å². The smallest absolute Gasteiger partial charge is 0.247 e. The van der Waals surface area contributed by atoms with E-state index in [9.17, 15) is 14.4 Å². The molecule has 104 valence electrons. The Kier molecular flexibility index (Phi) is 3.26. The van der Waals surface area contributed by atoms with Gasteiger partial charge in [-0.1, -0.05) is 0 Å². The molecule has 2 saturated carbocycles. The summed E-state index contributed by atoms with van der Waals surface area (Å²) >= 11 is 0. The van der Waals surface area contributed by atoms with Gasteiger partial charge in [-0.2, -0.15) is 0 Å². The number of carbonyl (C=O) groups excluding carboxylic acids is 3. The average Bonchev–Trinajstić information content (AvgIpc) is 3.23. The largest absolute Gasteiger partial charge is 0.353 e. The van der Waals surface area contributed by atoms with Crippen LogP contribution >= 0.6 is 0 Å². The molecular formula is C13H19N3O3. The van der Waals surface area contributed by atoms with E-state index in [1.807, 2.05) is 0 Å². The minimum atomic E-state index is -0.429. The maximum Gasteiger partial charge on any atom is 0.247 e. The van der Waals surface area contributed by atoms with E-state index in [0.717, 1.165) is 25.7 Å². The molecule has 0 bridgehead atoms. The number of carbonyl (C=O) groups is 3. The molecule has 1 atom stereocenters. The van der Waals surface area contributed by atoms with Crippen molar-refractivity contribution in [3.8, 4) is 0 Å². The summed E-state index contributed by atoms with van der Waals surface area (Å²) in [6, 6.07) is 0.0827. The van der Waals surface area contributed by atoms with Crippen LogP contribution in [0, 0.1) is 0 Å². The molecular weight excluding hydrogens is 246 g/mol. The lowest BCUT2D eigenvalue weighted by Gasteiger charge is -2.14. The van der Waals surface area contributed by atoms with Gasteiger partial charge in [0.25, 0.3) is 0 Å². The van der Waals surface area contributed by atoms with Crippen molar-refractivity contribution in [3.05, 3.63) is 0 Å². The number of rotatable bonds is 6. The predicted octanol–water partition coefficient (Wildman–Crippen LogP) is -0.465. The summed E-state index contributed by atoms with van der Waals surface area (Å²) in [6.07, 6.45) is 4.62. The molecule has 19 heavy (non-hydrogen) atoms. The second-order valence-electron chi connectivity index (χ2n) is 5.64. The van der Waals surface area contributed by atoms with Crippen LogP contribution in [0.3, 0.4) is 0 Å². The van der Waals surface area contributed by atoms with Gasteiger partial charge in [-0.15, -0.1) is 0 Å². The molecule has 2 N–H and O–H groups in total. The van der Waals surface area contributed by atoms with Crippen LogP contribution in [-0.4, -0.2) is 47.3 Å². The van der Waals surface area contributed by atoms with Crippen LogP contribution in [0.2, 0.25) is 0 Å². The topological polar surface area (TPSA) is 78.5 Å². The molecule has 0 radical (unpaired) electrons. The maximum absolute atomic E-state index is 12.0. The van der Waals surface area contributed by atoms with E-state index in [4.69, 9.17) is 0 Å². The molecule has 3 aliphatic rings. The zero-order valence-electron chi connectivity index (χ0n) is 10.9. The van der Waals surface area contributed by atoms with E-state index in [-0.39, 0.29) is 30.2 Å². The number of nitrogens with zero attached hydrogens (tertiary/aromatic N) is 1. The van der Waals surface area contributed by atoms with Crippen molar-refractivity contribution in [2.75, 3.05) is 6.54 Å². The Bertz CT molecular complexity index is 415. The Labute approximate surface area is 111 Å². The highest BCUT2D eigenvalue weighted by atomic mass is 16.2. The van der Waals surface area contributed by atoms with Crippen molar-refractivity contribution < 1.29 is 14.4 Å². The molecule has 2 aliphatic carbocycles. The molecule has 3 amide bonds. The first-order chi connectivity index (χ1) is 9.15. The number of likely N-dealkylation sites (tertiary alicyclic amines) is 1. The third kappa shape index (κ3) is 2.94. The van der Waals surface area contributed by atoms with Crippen LogP contribution in [0.4, 0.5) is 0 Å². The normalized spacial score (nSPS) is 26.9. The second-order valence-corrected chi connectivity index (χ2v) is 5.64. The van der Waals surface area contributed by atoms with Crippen LogP contribution in [0.25, 0.3) is 0 Å². The Morgan fingerprint density at radius 2 is 1.95 bits per heavy atom. The zero-order chi connectivity index (χ0) is 13.4. The van der Waals surface area contributed by atoms with Crippen molar-refractivity contribution in [3.63, 3.8) is 0 Å². The lowest BCUT2D eigenvalue weighted by molar-refractivity contribution is -0.139. The quantitative estimate of drug-likeness (QED) is 0.637. The number of hydrogen-bond acceptors (Lipinski definition) is 4. The molecule has 6 heteroatoms. The van der Waals surface area contributed by atoms with Gasteiger partial charge in [0.1, 0.15) is 0 Å². The summed E-state index contributed by atoms with van der Waals surface area (Å²) in [5, 5.41) is 5.92. The minimum absolute atomic E-state index is 0.0193. The van der Waals surface area contributed by atoms with E-state index < -0.39 is 6.04 Å². The number of nitrogens with one attached hydrogen (secondary N) is 2. The van der Waals surface area contributed by atoms with Gasteiger partial charge in [-0.25, -0.2) is 0 Å². The van der Waals surface area contributed by atoms with Gasteiger partial charge in [0.15, 0.2) is 0 Å². The number of hydrogen-bond donors (Lipinski definition) is 2. The fraction of sp³-hybridized carbons (Fsp3) is 0.769. The van der Waals surface area contributed by atoms with Gasteiger partial charge in [0.05, 0.1) is 12.5 Å². The summed E-state index contributed by atoms with van der Waals surface area (Å²) in [5.74, 6) is -0.173. The summed E-state index contributed by atoms with van der Waals surface area (Å²) < 4.78 is 0. The molecule has 0 aromatic heterocycles. The molecule has 3 fully saturated rings. The first kappa shape index (κ1) is 12.6. The molecule has 0 spiro atoms. The first-order valence-corrected chi connectivity index (χ1v) is 7.04. The van der Waals surface area contributed by atoms with Crippen molar-refractivity contribution in [1.82, 2.24) is 15.5 Å². The minimum Gasteiger partial charge on any atom is -0.353 e. The highest BCUT2D eigenvalue weighted by Crippen LogP contribution is 2.31. The lowest BCUT2D eigenvalue weighted by Crippen LogP contribution is -2.41. The molecule has 1 aliphatic heterocycles. The number of amides is 3. The lowest BCUT2D eigenvalue weighted by atomic mass is 10.2. The van der Waals surface area contributed by atoms with Gasteiger partial charge in [0.2, 0.25) is 17.7 Å². The predicted molar refractivity (Wildman–Crippen MR) is 67.1 cm³/mol. The second kappa shape index (κ2) is 4.92. The number of imide groups is 1. The van der Waals surface area contributed by atoms with E-state index in [1.165, 1.54) is 4.90 Å². The highest BCUT2D eigenvalue weighted by molar-refractivity contribution is 6.06. The standard InChI is InChI=1S/C13H19N3O3/c17-11(15-8-1-2-8)5-6-14-10-7-12(18)16(13(10)19)9-3-4-9/h8-10,14H,1-7H2,(H,15,17). The zero-order valence-corrected chi connectivity index (χ0v) is 10.9.